The van der Waals surface area contributed by atoms with Gasteiger partial charge in [0.1, 0.15) is 11.8 Å². The maximum Gasteiger partial charge on any atom is 0.326 e. The summed E-state index contributed by atoms with van der Waals surface area (Å²) in [4.78, 5) is 32.9. The van der Waals surface area contributed by atoms with Crippen molar-refractivity contribution in [2.75, 3.05) is 0 Å². The highest BCUT2D eigenvalue weighted by atomic mass is 16.4. The van der Waals surface area contributed by atoms with Crippen molar-refractivity contribution in [1.82, 2.24) is 5.32 Å². The highest BCUT2D eigenvalue weighted by molar-refractivity contribution is 5.85. The molecule has 0 spiro atoms. The number of ketones is 1. The predicted octanol–water partition coefficient (Wildman–Crippen LogP) is 0.335. The number of amides is 1. The molecule has 84 valence electrons. The minimum atomic E-state index is -1.08. The molecule has 0 aromatic carbocycles. The second-order valence-electron chi connectivity index (χ2n) is 3.88. The Morgan fingerprint density at radius 1 is 1.60 bits per heavy atom. The molecule has 0 saturated heterocycles. The van der Waals surface area contributed by atoms with Crippen LogP contribution < -0.4 is 5.32 Å². The first-order chi connectivity index (χ1) is 7.00. The summed E-state index contributed by atoms with van der Waals surface area (Å²) in [7, 11) is 0. The Bertz CT molecular complexity index is 287. The minimum absolute atomic E-state index is 0.117. The number of hydrogen-bond acceptors (Lipinski definition) is 3. The molecule has 15 heavy (non-hydrogen) atoms. The predicted molar refractivity (Wildman–Crippen MR) is 52.2 cm³/mol. The van der Waals surface area contributed by atoms with Gasteiger partial charge in [0.05, 0.1) is 0 Å². The molecule has 1 saturated carbocycles. The monoisotopic (exact) mass is 213 g/mol. The van der Waals surface area contributed by atoms with Crippen LogP contribution in [0.1, 0.15) is 32.6 Å². The molecule has 1 aliphatic carbocycles. The summed E-state index contributed by atoms with van der Waals surface area (Å²) >= 11 is 0. The van der Waals surface area contributed by atoms with Crippen LogP contribution in [0.15, 0.2) is 0 Å². The number of carboxylic acids is 1. The molecule has 1 unspecified atom stereocenters. The second kappa shape index (κ2) is 4.91. The molecule has 5 heteroatoms. The Balaban J connectivity index is 2.54. The first-order valence-corrected chi connectivity index (χ1v) is 5.03. The average Bonchev–Trinajstić information content (AvgIpc) is 2.50. The van der Waals surface area contributed by atoms with Crippen LogP contribution >= 0.6 is 0 Å². The van der Waals surface area contributed by atoms with Gasteiger partial charge in [-0.2, -0.15) is 0 Å². The van der Waals surface area contributed by atoms with Gasteiger partial charge >= 0.3 is 5.97 Å². The van der Waals surface area contributed by atoms with E-state index in [1.807, 2.05) is 0 Å². The third-order valence-corrected chi connectivity index (χ3v) is 2.63. The maximum absolute atomic E-state index is 11.3. The van der Waals surface area contributed by atoms with Crippen molar-refractivity contribution in [2.24, 2.45) is 5.92 Å². The Kier molecular flexibility index (Phi) is 3.82. The van der Waals surface area contributed by atoms with Crippen molar-refractivity contribution in [3.63, 3.8) is 0 Å². The van der Waals surface area contributed by atoms with Crippen molar-refractivity contribution >= 4 is 17.7 Å². The van der Waals surface area contributed by atoms with E-state index in [0.717, 1.165) is 12.8 Å². The lowest BCUT2D eigenvalue weighted by Gasteiger charge is -2.16. The zero-order chi connectivity index (χ0) is 11.4. The Hall–Kier alpha value is -1.39. The van der Waals surface area contributed by atoms with Crippen molar-refractivity contribution in [1.29, 1.82) is 0 Å². The minimum Gasteiger partial charge on any atom is -0.480 e. The van der Waals surface area contributed by atoms with E-state index >= 15 is 0 Å². The molecule has 0 heterocycles. The third-order valence-electron chi connectivity index (χ3n) is 2.63. The summed E-state index contributed by atoms with van der Waals surface area (Å²) in [6.45, 7) is 1.27. The summed E-state index contributed by atoms with van der Waals surface area (Å²) in [6.07, 6.45) is 2.32. The van der Waals surface area contributed by atoms with E-state index in [9.17, 15) is 14.4 Å². The number of rotatable bonds is 4. The van der Waals surface area contributed by atoms with Crippen LogP contribution in [0.4, 0.5) is 0 Å². The van der Waals surface area contributed by atoms with Gasteiger partial charge < -0.3 is 10.4 Å². The van der Waals surface area contributed by atoms with Crippen LogP contribution in [0.3, 0.4) is 0 Å². The van der Waals surface area contributed by atoms with Crippen LogP contribution in [0.25, 0.3) is 0 Å². The van der Waals surface area contributed by atoms with Gasteiger partial charge in [0, 0.05) is 19.3 Å². The summed E-state index contributed by atoms with van der Waals surface area (Å²) in [5, 5.41) is 11.2. The topological polar surface area (TPSA) is 83.5 Å². The van der Waals surface area contributed by atoms with E-state index < -0.39 is 12.0 Å². The smallest absolute Gasteiger partial charge is 0.326 e. The van der Waals surface area contributed by atoms with Gasteiger partial charge in [0.15, 0.2) is 0 Å². The normalized spacial score (nSPS) is 22.5. The largest absolute Gasteiger partial charge is 0.480 e. The van der Waals surface area contributed by atoms with E-state index in [2.05, 4.69) is 5.32 Å². The summed E-state index contributed by atoms with van der Waals surface area (Å²) in [5.74, 6) is -1.54. The number of carboxylic acid groups (broad SMARTS) is 1. The lowest BCUT2D eigenvalue weighted by atomic mass is 9.97. The molecule has 1 rings (SSSR count). The highest BCUT2D eigenvalue weighted by Gasteiger charge is 2.30. The molecule has 1 aliphatic rings. The number of carbonyl (C=O) groups is 3. The van der Waals surface area contributed by atoms with Crippen molar-refractivity contribution in [3.8, 4) is 0 Å². The molecule has 1 fully saturated rings. The van der Waals surface area contributed by atoms with E-state index in [4.69, 9.17) is 5.11 Å². The van der Waals surface area contributed by atoms with E-state index in [-0.39, 0.29) is 24.0 Å². The average molecular weight is 213 g/mol. The third kappa shape index (κ3) is 3.34. The Morgan fingerprint density at radius 2 is 2.27 bits per heavy atom. The van der Waals surface area contributed by atoms with Gasteiger partial charge in [-0.25, -0.2) is 4.79 Å². The van der Waals surface area contributed by atoms with Crippen LogP contribution in [-0.4, -0.2) is 28.8 Å². The first kappa shape index (κ1) is 11.7. The van der Waals surface area contributed by atoms with Crippen LogP contribution in [0.2, 0.25) is 0 Å². The first-order valence-electron chi connectivity index (χ1n) is 5.03. The molecule has 0 bridgehead atoms. The van der Waals surface area contributed by atoms with Gasteiger partial charge in [-0.1, -0.05) is 0 Å². The van der Waals surface area contributed by atoms with E-state index in [1.54, 1.807) is 0 Å². The zero-order valence-corrected chi connectivity index (χ0v) is 8.66. The van der Waals surface area contributed by atoms with Gasteiger partial charge in [-0.05, 0) is 19.3 Å². The fourth-order valence-electron chi connectivity index (χ4n) is 1.89. The van der Waals surface area contributed by atoms with Crippen LogP contribution in [0.5, 0.6) is 0 Å². The highest BCUT2D eigenvalue weighted by Crippen LogP contribution is 2.25. The van der Waals surface area contributed by atoms with Crippen LogP contribution in [-0.2, 0) is 14.4 Å². The molecule has 2 atom stereocenters. The van der Waals surface area contributed by atoms with Gasteiger partial charge in [0.25, 0.3) is 0 Å². The molecule has 0 aromatic heterocycles. The molecular formula is C10H15NO4. The zero-order valence-electron chi connectivity index (χ0n) is 8.66. The standard InChI is InChI=1S/C10H15NO4/c1-6(12)11-8(10(14)15)5-7-3-2-4-9(7)13/h7-8H,2-5H2,1H3,(H,11,12)(H,14,15)/t7?,8-/m0/s1. The lowest BCUT2D eigenvalue weighted by Crippen LogP contribution is -2.41. The number of aliphatic carboxylic acids is 1. The SMILES string of the molecule is CC(=O)N[C@@H](CC1CCCC1=O)C(=O)O. The summed E-state index contributed by atoms with van der Waals surface area (Å²) in [5.41, 5.74) is 0. The molecule has 2 N–H and O–H groups in total. The molecule has 1 amide bonds. The molecule has 5 nitrogen and oxygen atoms in total. The van der Waals surface area contributed by atoms with Crippen molar-refractivity contribution in [3.05, 3.63) is 0 Å². The summed E-state index contributed by atoms with van der Waals surface area (Å²) < 4.78 is 0. The number of Topliss-reactive ketones (excluding diaryl/α,β-unsaturated/α-hetero) is 1. The van der Waals surface area contributed by atoms with Crippen molar-refractivity contribution < 1.29 is 19.5 Å². The molecule has 0 aliphatic heterocycles. The van der Waals surface area contributed by atoms with Crippen LogP contribution in [0, 0.1) is 5.92 Å². The number of carbonyl (C=O) groups excluding carboxylic acids is 2. The Labute approximate surface area is 87.8 Å². The van der Waals surface area contributed by atoms with E-state index in [0.29, 0.717) is 6.42 Å². The second-order valence-corrected chi connectivity index (χ2v) is 3.88. The Morgan fingerprint density at radius 3 is 2.67 bits per heavy atom. The molecular weight excluding hydrogens is 198 g/mol. The molecule has 0 aromatic rings. The van der Waals surface area contributed by atoms with Gasteiger partial charge in [-0.15, -0.1) is 0 Å². The summed E-state index contributed by atoms with van der Waals surface area (Å²) in [6, 6.07) is -0.936. The fourth-order valence-corrected chi connectivity index (χ4v) is 1.89. The maximum atomic E-state index is 11.3. The fraction of sp³-hybridized carbons (Fsp3) is 0.700. The molecule has 0 radical (unpaired) electrons. The van der Waals surface area contributed by atoms with E-state index in [1.165, 1.54) is 6.92 Å². The quantitative estimate of drug-likeness (QED) is 0.705. The lowest BCUT2D eigenvalue weighted by molar-refractivity contribution is -0.142. The number of nitrogens with one attached hydrogen (secondary N) is 1. The van der Waals surface area contributed by atoms with Crippen molar-refractivity contribution in [2.45, 2.75) is 38.6 Å². The van der Waals surface area contributed by atoms with Gasteiger partial charge in [0.2, 0.25) is 5.91 Å². The van der Waals surface area contributed by atoms with Gasteiger partial charge in [-0.3, -0.25) is 9.59 Å². The number of hydrogen-bond donors (Lipinski definition) is 2.